The Morgan fingerprint density at radius 3 is 2.18 bits per heavy atom. The number of rotatable bonds is 22. The molecule has 0 spiro atoms. The van der Waals surface area contributed by atoms with Crippen LogP contribution in [0.3, 0.4) is 0 Å². The van der Waals surface area contributed by atoms with Crippen molar-refractivity contribution in [1.82, 2.24) is 25.4 Å². The van der Waals surface area contributed by atoms with E-state index in [9.17, 15) is 28.8 Å². The van der Waals surface area contributed by atoms with Crippen molar-refractivity contribution in [1.29, 1.82) is 0 Å². The second-order valence-corrected chi connectivity index (χ2v) is 15.9. The van der Waals surface area contributed by atoms with E-state index in [1.54, 1.807) is 24.3 Å². The third-order valence-electron chi connectivity index (χ3n) is 9.72. The summed E-state index contributed by atoms with van der Waals surface area (Å²) in [4.78, 5) is 84.1. The fourth-order valence-electron chi connectivity index (χ4n) is 6.43. The van der Waals surface area contributed by atoms with Crippen LogP contribution in [0.5, 0.6) is 0 Å². The molecule has 0 saturated heterocycles. The minimum Gasteiger partial charge on any atom is -0.455 e. The fraction of sp³-hybridized carbons (Fsp3) is 0.585. The molecule has 1 aliphatic rings. The van der Waals surface area contributed by atoms with Gasteiger partial charge in [0.25, 0.3) is 17.7 Å². The molecular weight excluding hydrogens is 723 g/mol. The van der Waals surface area contributed by atoms with E-state index in [1.165, 1.54) is 35.3 Å². The van der Waals surface area contributed by atoms with Gasteiger partial charge in [-0.1, -0.05) is 78.3 Å². The van der Waals surface area contributed by atoms with Gasteiger partial charge in [0.15, 0.2) is 0 Å². The van der Waals surface area contributed by atoms with Crippen molar-refractivity contribution in [2.75, 3.05) is 20.2 Å². The Hall–Kier alpha value is -4.43. The maximum absolute atomic E-state index is 14.1. The van der Waals surface area contributed by atoms with Gasteiger partial charge in [0, 0.05) is 63.5 Å². The van der Waals surface area contributed by atoms with Gasteiger partial charge in [-0.2, -0.15) is 0 Å². The first kappa shape index (κ1) is 45.0. The lowest BCUT2D eigenvalue weighted by Crippen LogP contribution is -2.54. The van der Waals surface area contributed by atoms with Gasteiger partial charge in [-0.05, 0) is 43.1 Å². The second kappa shape index (κ2) is 21.6. The van der Waals surface area contributed by atoms with E-state index < -0.39 is 36.2 Å². The summed E-state index contributed by atoms with van der Waals surface area (Å²) in [5.41, 5.74) is 0.907. The molecule has 1 aromatic heterocycles. The standard InChI is InChI=1S/C41H59N5O8S/c1-10-27(6)37(44-34(48)22-25(2)3)41(52)45(9)32(26(4)5)23-33(53-21-15-14-20-46-35(49)18-19-36(46)50)40-43-31(24-55-40)39(51)42-28(7)38(54-29(8)47)30-16-12-11-13-17-30/h11-13,16-19,24-28,32-33,37-38H,10,14-15,20-23H2,1-9H3,(H,42,51)(H,44,48)/t27-,28+,32+,33+,37-,38?/m0/s1. The number of thiazole rings is 1. The molecule has 0 bridgehead atoms. The first-order valence-electron chi connectivity index (χ1n) is 19.2. The van der Waals surface area contributed by atoms with Gasteiger partial charge < -0.3 is 25.0 Å². The lowest BCUT2D eigenvalue weighted by molar-refractivity contribution is -0.148. The number of likely N-dealkylation sites (N-methyl/N-ethyl adjacent to an activating group) is 1. The third-order valence-corrected chi connectivity index (χ3v) is 10.7. The topological polar surface area (TPSA) is 164 Å². The molecule has 6 atom stereocenters. The zero-order valence-electron chi connectivity index (χ0n) is 33.7. The maximum atomic E-state index is 14.1. The molecule has 0 saturated carbocycles. The third kappa shape index (κ3) is 13.4. The molecule has 0 aliphatic carbocycles. The predicted octanol–water partition coefficient (Wildman–Crippen LogP) is 5.78. The van der Waals surface area contributed by atoms with Crippen LogP contribution in [0.4, 0.5) is 0 Å². The number of hydrogen-bond donors (Lipinski definition) is 2. The van der Waals surface area contributed by atoms with Gasteiger partial charge in [0.1, 0.15) is 29.0 Å². The number of ether oxygens (including phenoxy) is 2. The van der Waals surface area contributed by atoms with E-state index in [0.29, 0.717) is 37.1 Å². The second-order valence-electron chi connectivity index (χ2n) is 15.0. The van der Waals surface area contributed by atoms with E-state index in [-0.39, 0.29) is 66.3 Å². The highest BCUT2D eigenvalue weighted by molar-refractivity contribution is 7.09. The minimum absolute atomic E-state index is 0.0107. The van der Waals surface area contributed by atoms with Crippen molar-refractivity contribution in [3.8, 4) is 0 Å². The van der Waals surface area contributed by atoms with E-state index in [2.05, 4.69) is 10.6 Å². The van der Waals surface area contributed by atoms with Gasteiger partial charge in [-0.25, -0.2) is 4.98 Å². The molecule has 1 aliphatic heterocycles. The fourth-order valence-corrected chi connectivity index (χ4v) is 7.29. The zero-order chi connectivity index (χ0) is 40.8. The molecule has 14 heteroatoms. The molecule has 5 amide bonds. The van der Waals surface area contributed by atoms with Gasteiger partial charge in [0.2, 0.25) is 11.8 Å². The Balaban J connectivity index is 1.84. The highest BCUT2D eigenvalue weighted by Gasteiger charge is 2.35. The first-order chi connectivity index (χ1) is 26.0. The van der Waals surface area contributed by atoms with Crippen LogP contribution in [0.15, 0.2) is 47.9 Å². The minimum atomic E-state index is -0.715. The summed E-state index contributed by atoms with van der Waals surface area (Å²) in [7, 11) is 1.75. The van der Waals surface area contributed by atoms with Crippen LogP contribution in [0.2, 0.25) is 0 Å². The normalized spacial score (nSPS) is 16.1. The molecule has 0 fully saturated rings. The molecule has 2 heterocycles. The van der Waals surface area contributed by atoms with Crippen LogP contribution in [-0.4, -0.2) is 88.6 Å². The number of benzene rings is 1. The average molecular weight is 782 g/mol. The highest BCUT2D eigenvalue weighted by Crippen LogP contribution is 2.31. The summed E-state index contributed by atoms with van der Waals surface area (Å²) in [6, 6.07) is 7.57. The summed E-state index contributed by atoms with van der Waals surface area (Å²) in [5.74, 6) is -1.91. The number of unbranched alkanes of at least 4 members (excludes halogenated alkanes) is 1. The zero-order valence-corrected chi connectivity index (χ0v) is 34.5. The lowest BCUT2D eigenvalue weighted by Gasteiger charge is -2.37. The van der Waals surface area contributed by atoms with E-state index in [0.717, 1.165) is 5.56 Å². The predicted molar refractivity (Wildman–Crippen MR) is 211 cm³/mol. The lowest BCUT2D eigenvalue weighted by atomic mass is 9.93. The number of aromatic nitrogens is 1. The SMILES string of the molecule is CC[C@H](C)[C@H](NC(=O)CC(C)C)C(=O)N(C)[C@H](C[C@@H](OCCCCN1C(=O)C=CC1=O)c1nc(C(=O)N[C@H](C)C(OC(C)=O)c2ccccc2)cs1)C(C)C. The largest absolute Gasteiger partial charge is 0.455 e. The van der Waals surface area contributed by atoms with Gasteiger partial charge in [0.05, 0.1) is 6.04 Å². The quantitative estimate of drug-likeness (QED) is 0.0857. The summed E-state index contributed by atoms with van der Waals surface area (Å²) in [5, 5.41) is 8.12. The molecule has 13 nitrogen and oxygen atoms in total. The molecule has 3 rings (SSSR count). The number of carbonyl (C=O) groups excluding carboxylic acids is 6. The smallest absolute Gasteiger partial charge is 0.303 e. The number of esters is 1. The monoisotopic (exact) mass is 781 g/mol. The number of nitrogens with zero attached hydrogens (tertiary/aromatic N) is 3. The van der Waals surface area contributed by atoms with Crippen molar-refractivity contribution in [2.45, 2.75) is 118 Å². The molecule has 2 aromatic rings. The van der Waals surface area contributed by atoms with Crippen LogP contribution in [0.25, 0.3) is 0 Å². The molecule has 1 unspecified atom stereocenters. The van der Waals surface area contributed by atoms with E-state index in [1.807, 2.05) is 71.9 Å². The summed E-state index contributed by atoms with van der Waals surface area (Å²) in [6.07, 6.45) is 3.63. The van der Waals surface area contributed by atoms with Gasteiger partial charge in [-0.15, -0.1) is 11.3 Å². The van der Waals surface area contributed by atoms with Crippen molar-refractivity contribution in [3.05, 3.63) is 64.1 Å². The van der Waals surface area contributed by atoms with Crippen LogP contribution in [0.1, 0.15) is 121 Å². The first-order valence-corrected chi connectivity index (χ1v) is 20.1. The van der Waals surface area contributed by atoms with Gasteiger partial charge in [-0.3, -0.25) is 33.7 Å². The van der Waals surface area contributed by atoms with E-state index >= 15 is 0 Å². The van der Waals surface area contributed by atoms with Crippen molar-refractivity contribution < 1.29 is 38.2 Å². The van der Waals surface area contributed by atoms with Crippen molar-refractivity contribution in [2.24, 2.45) is 17.8 Å². The summed E-state index contributed by atoms with van der Waals surface area (Å²) < 4.78 is 12.0. The van der Waals surface area contributed by atoms with Crippen molar-refractivity contribution in [3.63, 3.8) is 0 Å². The molecule has 55 heavy (non-hydrogen) atoms. The Morgan fingerprint density at radius 2 is 1.60 bits per heavy atom. The molecular formula is C41H59N5O8S. The number of amides is 5. The summed E-state index contributed by atoms with van der Waals surface area (Å²) >= 11 is 1.27. The van der Waals surface area contributed by atoms with E-state index in [4.69, 9.17) is 14.5 Å². The highest BCUT2D eigenvalue weighted by atomic mass is 32.1. The Kier molecular flexibility index (Phi) is 17.7. The van der Waals surface area contributed by atoms with Gasteiger partial charge >= 0.3 is 5.97 Å². The Labute approximate surface area is 329 Å². The van der Waals surface area contributed by atoms with Crippen LogP contribution in [-0.2, 0) is 33.4 Å². The Bertz CT molecular complexity index is 1630. The molecule has 2 N–H and O–H groups in total. The molecule has 0 radical (unpaired) electrons. The van der Waals surface area contributed by atoms with Crippen LogP contribution in [0, 0.1) is 17.8 Å². The van der Waals surface area contributed by atoms with Crippen LogP contribution >= 0.6 is 11.3 Å². The maximum Gasteiger partial charge on any atom is 0.303 e. The number of imide groups is 1. The average Bonchev–Trinajstić information content (AvgIpc) is 3.76. The number of carbonyl (C=O) groups is 6. The molecule has 302 valence electrons. The Morgan fingerprint density at radius 1 is 0.945 bits per heavy atom. The summed E-state index contributed by atoms with van der Waals surface area (Å²) in [6.45, 7) is 15.5. The molecule has 1 aromatic carbocycles. The number of hydrogen-bond acceptors (Lipinski definition) is 10. The van der Waals surface area contributed by atoms with Crippen molar-refractivity contribution >= 4 is 46.8 Å². The van der Waals surface area contributed by atoms with Crippen LogP contribution < -0.4 is 10.6 Å². The number of nitrogens with one attached hydrogen (secondary N) is 2.